The van der Waals surface area contributed by atoms with E-state index in [1.165, 1.54) is 33.8 Å². The quantitative estimate of drug-likeness (QED) is 0.723. The minimum atomic E-state index is 0.0121. The third kappa shape index (κ3) is 2.66. The second-order valence-electron chi connectivity index (χ2n) is 6.92. The Morgan fingerprint density at radius 2 is 1.77 bits per heavy atom. The van der Waals surface area contributed by atoms with Gasteiger partial charge in [0.1, 0.15) is 6.17 Å². The van der Waals surface area contributed by atoms with Crippen LogP contribution in [0.4, 0.5) is 11.4 Å². The standard InChI is InChI=1S/C22H26N4/c1-5-25(6-2)18-12-10-17(11-13-18)22-23-21-15(3)8-7-9-19(21)20-14-16(4)24-26(20)22/h7-14,22-23H,5-6H2,1-4H3. The van der Waals surface area contributed by atoms with Gasteiger partial charge >= 0.3 is 0 Å². The Morgan fingerprint density at radius 1 is 1.04 bits per heavy atom. The first-order valence-corrected chi connectivity index (χ1v) is 9.40. The molecule has 2 heterocycles. The first-order valence-electron chi connectivity index (χ1n) is 9.40. The summed E-state index contributed by atoms with van der Waals surface area (Å²) in [6.07, 6.45) is 0.0121. The molecule has 0 spiro atoms. The summed E-state index contributed by atoms with van der Waals surface area (Å²) in [5.74, 6) is 0. The lowest BCUT2D eigenvalue weighted by Gasteiger charge is -2.31. The maximum Gasteiger partial charge on any atom is 0.147 e. The van der Waals surface area contributed by atoms with Crippen LogP contribution in [0.15, 0.2) is 48.5 Å². The van der Waals surface area contributed by atoms with Gasteiger partial charge in [0.25, 0.3) is 0 Å². The zero-order chi connectivity index (χ0) is 18.3. The van der Waals surface area contributed by atoms with Crippen molar-refractivity contribution in [1.29, 1.82) is 0 Å². The van der Waals surface area contributed by atoms with Crippen molar-refractivity contribution in [3.05, 3.63) is 65.4 Å². The van der Waals surface area contributed by atoms with Crippen molar-refractivity contribution >= 4 is 11.4 Å². The maximum absolute atomic E-state index is 4.77. The lowest BCUT2D eigenvalue weighted by atomic mass is 10.0. The van der Waals surface area contributed by atoms with E-state index in [1.807, 2.05) is 0 Å². The third-order valence-corrected chi connectivity index (χ3v) is 5.27. The molecular weight excluding hydrogens is 320 g/mol. The molecule has 0 bridgehead atoms. The predicted octanol–water partition coefficient (Wildman–Crippen LogP) is 4.99. The van der Waals surface area contributed by atoms with Gasteiger partial charge in [-0.15, -0.1) is 0 Å². The number of hydrogen-bond donors (Lipinski definition) is 1. The number of nitrogens with zero attached hydrogens (tertiary/aromatic N) is 3. The van der Waals surface area contributed by atoms with Crippen LogP contribution in [0.3, 0.4) is 0 Å². The highest BCUT2D eigenvalue weighted by Crippen LogP contribution is 2.40. The molecule has 1 aliphatic heterocycles. The smallest absolute Gasteiger partial charge is 0.147 e. The first-order chi connectivity index (χ1) is 12.6. The van der Waals surface area contributed by atoms with Crippen LogP contribution in [0.25, 0.3) is 11.3 Å². The van der Waals surface area contributed by atoms with E-state index in [1.54, 1.807) is 0 Å². The van der Waals surface area contributed by atoms with Gasteiger partial charge in [0.05, 0.1) is 11.4 Å². The van der Waals surface area contributed by atoms with Gasteiger partial charge in [0, 0.05) is 30.0 Å². The molecule has 0 saturated carbocycles. The van der Waals surface area contributed by atoms with Gasteiger partial charge in [-0.3, -0.25) is 0 Å². The SMILES string of the molecule is CCN(CC)c1ccc(C2Nc3c(C)cccc3-c3cc(C)nn32)cc1. The maximum atomic E-state index is 4.77. The van der Waals surface area contributed by atoms with Crippen LogP contribution in [0.5, 0.6) is 0 Å². The lowest BCUT2D eigenvalue weighted by molar-refractivity contribution is 0.570. The Hall–Kier alpha value is -2.75. The third-order valence-electron chi connectivity index (χ3n) is 5.27. The van der Waals surface area contributed by atoms with Crippen LogP contribution in [0.2, 0.25) is 0 Å². The summed E-state index contributed by atoms with van der Waals surface area (Å²) in [5, 5.41) is 8.49. The van der Waals surface area contributed by atoms with E-state index < -0.39 is 0 Å². The summed E-state index contributed by atoms with van der Waals surface area (Å²) in [6.45, 7) is 10.6. The summed E-state index contributed by atoms with van der Waals surface area (Å²) in [4.78, 5) is 2.36. The predicted molar refractivity (Wildman–Crippen MR) is 109 cm³/mol. The number of benzene rings is 2. The van der Waals surface area contributed by atoms with Crippen LogP contribution in [0.1, 0.15) is 36.8 Å². The molecule has 1 atom stereocenters. The van der Waals surface area contributed by atoms with Crippen molar-refractivity contribution in [2.24, 2.45) is 0 Å². The van der Waals surface area contributed by atoms with Crippen molar-refractivity contribution in [2.75, 3.05) is 23.3 Å². The second kappa shape index (κ2) is 6.52. The fourth-order valence-electron chi connectivity index (χ4n) is 3.87. The molecule has 2 aromatic carbocycles. The van der Waals surface area contributed by atoms with Gasteiger partial charge < -0.3 is 10.2 Å². The first kappa shape index (κ1) is 16.7. The molecule has 1 aromatic heterocycles. The fourth-order valence-corrected chi connectivity index (χ4v) is 3.87. The second-order valence-corrected chi connectivity index (χ2v) is 6.92. The normalized spacial score (nSPS) is 15.2. The Labute approximate surface area is 155 Å². The molecule has 0 saturated heterocycles. The van der Waals surface area contributed by atoms with Crippen LogP contribution >= 0.6 is 0 Å². The van der Waals surface area contributed by atoms with Crippen molar-refractivity contribution < 1.29 is 0 Å². The molecule has 4 nitrogen and oxygen atoms in total. The zero-order valence-corrected chi connectivity index (χ0v) is 16.0. The Kier molecular flexibility index (Phi) is 4.19. The average molecular weight is 346 g/mol. The van der Waals surface area contributed by atoms with E-state index in [0.717, 1.165) is 18.8 Å². The summed E-state index contributed by atoms with van der Waals surface area (Å²) in [6, 6.07) is 17.5. The number of aryl methyl sites for hydroxylation is 2. The molecule has 1 unspecified atom stereocenters. The molecule has 4 heteroatoms. The van der Waals surface area contributed by atoms with Crippen LogP contribution in [-0.4, -0.2) is 22.9 Å². The molecule has 0 amide bonds. The molecule has 134 valence electrons. The summed E-state index contributed by atoms with van der Waals surface area (Å²) in [5.41, 5.74) is 8.40. The topological polar surface area (TPSA) is 33.1 Å². The zero-order valence-electron chi connectivity index (χ0n) is 16.0. The van der Waals surface area contributed by atoms with Crippen molar-refractivity contribution in [2.45, 2.75) is 33.9 Å². The number of para-hydroxylation sites is 1. The molecule has 1 N–H and O–H groups in total. The number of hydrogen-bond acceptors (Lipinski definition) is 3. The summed E-state index contributed by atoms with van der Waals surface area (Å²) in [7, 11) is 0. The van der Waals surface area contributed by atoms with Gasteiger partial charge in [0.2, 0.25) is 0 Å². The monoisotopic (exact) mass is 346 g/mol. The fraction of sp³-hybridized carbons (Fsp3) is 0.318. The molecule has 26 heavy (non-hydrogen) atoms. The highest BCUT2D eigenvalue weighted by molar-refractivity contribution is 5.81. The van der Waals surface area contributed by atoms with Gasteiger partial charge in [0.15, 0.2) is 0 Å². The number of aromatic nitrogens is 2. The summed E-state index contributed by atoms with van der Waals surface area (Å²) >= 11 is 0. The number of anilines is 2. The van der Waals surface area contributed by atoms with Crippen LogP contribution in [-0.2, 0) is 0 Å². The minimum Gasteiger partial charge on any atom is -0.372 e. The van der Waals surface area contributed by atoms with Gasteiger partial charge in [-0.25, -0.2) is 4.68 Å². The molecule has 0 radical (unpaired) electrons. The summed E-state index contributed by atoms with van der Waals surface area (Å²) < 4.78 is 2.11. The van der Waals surface area contributed by atoms with Crippen LogP contribution in [0, 0.1) is 13.8 Å². The van der Waals surface area contributed by atoms with Crippen molar-refractivity contribution in [1.82, 2.24) is 9.78 Å². The van der Waals surface area contributed by atoms with Crippen molar-refractivity contribution in [3.63, 3.8) is 0 Å². The Balaban J connectivity index is 1.77. The molecule has 4 rings (SSSR count). The van der Waals surface area contributed by atoms with E-state index in [-0.39, 0.29) is 6.17 Å². The van der Waals surface area contributed by atoms with Gasteiger partial charge in [-0.05, 0) is 57.0 Å². The average Bonchev–Trinajstić information content (AvgIpc) is 3.05. The number of rotatable bonds is 4. The molecular formula is C22H26N4. The highest BCUT2D eigenvalue weighted by Gasteiger charge is 2.27. The van der Waals surface area contributed by atoms with Crippen molar-refractivity contribution in [3.8, 4) is 11.3 Å². The van der Waals surface area contributed by atoms with Gasteiger partial charge in [-0.1, -0.05) is 30.3 Å². The van der Waals surface area contributed by atoms with E-state index in [0.29, 0.717) is 0 Å². The number of nitrogens with one attached hydrogen (secondary N) is 1. The highest BCUT2D eigenvalue weighted by atomic mass is 15.4. The molecule has 3 aromatic rings. The Morgan fingerprint density at radius 3 is 2.46 bits per heavy atom. The van der Waals surface area contributed by atoms with Gasteiger partial charge in [-0.2, -0.15) is 5.10 Å². The minimum absolute atomic E-state index is 0.0121. The largest absolute Gasteiger partial charge is 0.372 e. The number of fused-ring (bicyclic) bond motifs is 3. The molecule has 0 fully saturated rings. The van der Waals surface area contributed by atoms with Crippen LogP contribution < -0.4 is 10.2 Å². The molecule has 1 aliphatic rings. The lowest BCUT2D eigenvalue weighted by Crippen LogP contribution is -2.26. The van der Waals surface area contributed by atoms with E-state index in [2.05, 4.69) is 91.1 Å². The molecule has 0 aliphatic carbocycles. The Bertz CT molecular complexity index is 920. The van der Waals surface area contributed by atoms with E-state index in [9.17, 15) is 0 Å². The van der Waals surface area contributed by atoms with E-state index in [4.69, 9.17) is 5.10 Å². The van der Waals surface area contributed by atoms with E-state index >= 15 is 0 Å².